The molecule has 0 aliphatic rings. The third-order valence-corrected chi connectivity index (χ3v) is 1.58. The maximum absolute atomic E-state index is 10.1. The standard InChI is InChI=1S/C7H7NO3S/c9-12(10,11)5-3-7-2-1-4-8-6-7/h1-6H,(H,9,10,11)/p-1/b5-3+. The molecule has 0 spiro atoms. The van der Waals surface area contributed by atoms with Gasteiger partial charge in [-0.3, -0.25) is 4.98 Å². The minimum Gasteiger partial charge on any atom is -0.744 e. The molecule has 0 amide bonds. The van der Waals surface area contributed by atoms with E-state index in [1.807, 2.05) is 0 Å². The monoisotopic (exact) mass is 184 g/mol. The lowest BCUT2D eigenvalue weighted by molar-refractivity contribution is 0.474. The van der Waals surface area contributed by atoms with Crippen LogP contribution in [0.2, 0.25) is 0 Å². The summed E-state index contributed by atoms with van der Waals surface area (Å²) in [6, 6.07) is 3.30. The molecule has 64 valence electrons. The summed E-state index contributed by atoms with van der Waals surface area (Å²) in [7, 11) is -4.28. The second-order valence-electron chi connectivity index (χ2n) is 2.08. The molecule has 5 heteroatoms. The van der Waals surface area contributed by atoms with E-state index in [4.69, 9.17) is 0 Å². The minimum absolute atomic E-state index is 0.580. The van der Waals surface area contributed by atoms with Gasteiger partial charge in [-0.15, -0.1) is 0 Å². The van der Waals surface area contributed by atoms with Crippen molar-refractivity contribution < 1.29 is 13.0 Å². The zero-order valence-corrected chi connectivity index (χ0v) is 6.86. The van der Waals surface area contributed by atoms with E-state index in [0.717, 1.165) is 0 Å². The Morgan fingerprint density at radius 3 is 2.75 bits per heavy atom. The van der Waals surface area contributed by atoms with Gasteiger partial charge in [0.2, 0.25) is 0 Å². The van der Waals surface area contributed by atoms with Crippen molar-refractivity contribution in [3.8, 4) is 0 Å². The van der Waals surface area contributed by atoms with Crippen LogP contribution < -0.4 is 0 Å². The molecule has 1 rings (SSSR count). The van der Waals surface area contributed by atoms with Crippen LogP contribution in [-0.4, -0.2) is 18.0 Å². The predicted octanol–water partition coefficient (Wildman–Crippen LogP) is 0.598. The second kappa shape index (κ2) is 3.46. The summed E-state index contributed by atoms with van der Waals surface area (Å²) >= 11 is 0. The maximum Gasteiger partial charge on any atom is 0.117 e. The van der Waals surface area contributed by atoms with E-state index in [0.29, 0.717) is 11.0 Å². The zero-order chi connectivity index (χ0) is 9.03. The molecular formula is C7H6NO3S-. The maximum atomic E-state index is 10.1. The van der Waals surface area contributed by atoms with E-state index in [1.54, 1.807) is 18.3 Å². The van der Waals surface area contributed by atoms with Crippen molar-refractivity contribution in [3.05, 3.63) is 35.5 Å². The number of pyridine rings is 1. The molecule has 0 N–H and O–H groups in total. The summed E-state index contributed by atoms with van der Waals surface area (Å²) < 4.78 is 30.4. The Labute approximate surface area is 70.3 Å². The average molecular weight is 184 g/mol. The number of aromatic nitrogens is 1. The Balaban J connectivity index is 2.85. The molecule has 12 heavy (non-hydrogen) atoms. The second-order valence-corrected chi connectivity index (χ2v) is 3.34. The first kappa shape index (κ1) is 8.89. The van der Waals surface area contributed by atoms with E-state index in [1.165, 1.54) is 12.3 Å². The SMILES string of the molecule is O=S(=O)([O-])/C=C/c1cccnc1. The quantitative estimate of drug-likeness (QED) is 0.631. The smallest absolute Gasteiger partial charge is 0.117 e. The Bertz CT molecular complexity index is 369. The zero-order valence-electron chi connectivity index (χ0n) is 6.04. The van der Waals surface area contributed by atoms with Crippen molar-refractivity contribution >= 4 is 16.2 Å². The minimum atomic E-state index is -4.28. The third kappa shape index (κ3) is 3.27. The van der Waals surface area contributed by atoms with Gasteiger partial charge in [0.1, 0.15) is 10.1 Å². The molecule has 1 aromatic heterocycles. The van der Waals surface area contributed by atoms with Crippen LogP contribution in [0.5, 0.6) is 0 Å². The number of hydrogen-bond acceptors (Lipinski definition) is 4. The summed E-state index contributed by atoms with van der Waals surface area (Å²) in [4.78, 5) is 3.74. The lowest BCUT2D eigenvalue weighted by atomic mass is 10.3. The predicted molar refractivity (Wildman–Crippen MR) is 43.0 cm³/mol. The van der Waals surface area contributed by atoms with Crippen LogP contribution in [0.1, 0.15) is 5.56 Å². The fraction of sp³-hybridized carbons (Fsp3) is 0. The van der Waals surface area contributed by atoms with Gasteiger partial charge >= 0.3 is 0 Å². The summed E-state index contributed by atoms with van der Waals surface area (Å²) in [5, 5.41) is 0.601. The molecule has 0 radical (unpaired) electrons. The van der Waals surface area contributed by atoms with E-state index < -0.39 is 10.1 Å². The van der Waals surface area contributed by atoms with Gasteiger partial charge in [-0.05, 0) is 17.7 Å². The summed E-state index contributed by atoms with van der Waals surface area (Å²) in [5.41, 5.74) is 0.580. The Morgan fingerprint density at radius 2 is 2.25 bits per heavy atom. The topological polar surface area (TPSA) is 70.1 Å². The Kier molecular flexibility index (Phi) is 2.57. The van der Waals surface area contributed by atoms with Crippen LogP contribution >= 0.6 is 0 Å². The highest BCUT2D eigenvalue weighted by atomic mass is 32.2. The van der Waals surface area contributed by atoms with Crippen LogP contribution in [0, 0.1) is 0 Å². The van der Waals surface area contributed by atoms with Crippen molar-refractivity contribution in [2.45, 2.75) is 0 Å². The van der Waals surface area contributed by atoms with Crippen LogP contribution in [0.3, 0.4) is 0 Å². The van der Waals surface area contributed by atoms with Gasteiger partial charge in [-0.2, -0.15) is 0 Å². The normalized spacial score (nSPS) is 12.1. The molecule has 0 atom stereocenters. The van der Waals surface area contributed by atoms with Crippen LogP contribution in [-0.2, 0) is 10.1 Å². The molecule has 0 saturated carbocycles. The van der Waals surface area contributed by atoms with Gasteiger partial charge in [0.25, 0.3) is 0 Å². The average Bonchev–Trinajstić information content (AvgIpc) is 2.02. The first-order valence-electron chi connectivity index (χ1n) is 3.12. The van der Waals surface area contributed by atoms with Crippen LogP contribution in [0.25, 0.3) is 6.08 Å². The highest BCUT2D eigenvalue weighted by Crippen LogP contribution is 1.99. The highest BCUT2D eigenvalue weighted by Gasteiger charge is 1.86. The first-order chi connectivity index (χ1) is 5.58. The van der Waals surface area contributed by atoms with Gasteiger partial charge in [-0.25, -0.2) is 8.42 Å². The number of hydrogen-bond donors (Lipinski definition) is 0. The van der Waals surface area contributed by atoms with Gasteiger partial charge in [0, 0.05) is 17.8 Å². The lowest BCUT2D eigenvalue weighted by Crippen LogP contribution is -1.89. The van der Waals surface area contributed by atoms with Crippen molar-refractivity contribution in [3.63, 3.8) is 0 Å². The van der Waals surface area contributed by atoms with Gasteiger partial charge < -0.3 is 4.55 Å². The fourth-order valence-corrected chi connectivity index (χ4v) is 0.960. The summed E-state index contributed by atoms with van der Waals surface area (Å²) in [6.07, 6.45) is 4.22. The van der Waals surface area contributed by atoms with Crippen LogP contribution in [0.15, 0.2) is 29.9 Å². The molecule has 0 aliphatic heterocycles. The molecule has 1 aromatic rings. The number of nitrogens with zero attached hydrogens (tertiary/aromatic N) is 1. The molecule has 0 saturated heterocycles. The Hall–Kier alpha value is -1.20. The first-order valence-corrected chi connectivity index (χ1v) is 4.59. The Morgan fingerprint density at radius 1 is 1.50 bits per heavy atom. The summed E-state index contributed by atoms with van der Waals surface area (Å²) in [6.45, 7) is 0. The van der Waals surface area contributed by atoms with Crippen molar-refractivity contribution in [1.82, 2.24) is 4.98 Å². The van der Waals surface area contributed by atoms with Crippen molar-refractivity contribution in [2.75, 3.05) is 0 Å². The molecular weight excluding hydrogens is 178 g/mol. The van der Waals surface area contributed by atoms with Crippen molar-refractivity contribution in [2.24, 2.45) is 0 Å². The van der Waals surface area contributed by atoms with Crippen LogP contribution in [0.4, 0.5) is 0 Å². The third-order valence-electron chi connectivity index (χ3n) is 1.11. The van der Waals surface area contributed by atoms with E-state index >= 15 is 0 Å². The molecule has 0 aromatic carbocycles. The molecule has 4 nitrogen and oxygen atoms in total. The van der Waals surface area contributed by atoms with Gasteiger partial charge in [0.15, 0.2) is 0 Å². The summed E-state index contributed by atoms with van der Waals surface area (Å²) in [5.74, 6) is 0. The number of rotatable bonds is 2. The molecule has 0 fully saturated rings. The fourth-order valence-electron chi connectivity index (χ4n) is 0.636. The van der Waals surface area contributed by atoms with Gasteiger partial charge in [0.05, 0.1) is 0 Å². The van der Waals surface area contributed by atoms with E-state index in [-0.39, 0.29) is 0 Å². The lowest BCUT2D eigenvalue weighted by Gasteiger charge is -1.97. The molecule has 0 aliphatic carbocycles. The van der Waals surface area contributed by atoms with Crippen molar-refractivity contribution in [1.29, 1.82) is 0 Å². The molecule has 0 unspecified atom stereocenters. The largest absolute Gasteiger partial charge is 0.744 e. The van der Waals surface area contributed by atoms with E-state index in [2.05, 4.69) is 4.98 Å². The molecule has 0 bridgehead atoms. The highest BCUT2D eigenvalue weighted by molar-refractivity contribution is 7.88. The molecule has 1 heterocycles. The van der Waals surface area contributed by atoms with E-state index in [9.17, 15) is 13.0 Å². The van der Waals surface area contributed by atoms with Gasteiger partial charge in [-0.1, -0.05) is 6.07 Å².